The molecule has 2 heterocycles. The molecule has 2 rings (SSSR count). The number of hydrogen-bond donors (Lipinski definition) is 0. The Morgan fingerprint density at radius 2 is 1.76 bits per heavy atom. The molecule has 1 saturated heterocycles. The molecule has 2 heteroatoms. The van der Waals surface area contributed by atoms with Gasteiger partial charge in [-0.15, -0.1) is 0 Å². The Balaban J connectivity index is 1.31. The molecule has 1 aromatic heterocycles. The van der Waals surface area contributed by atoms with E-state index >= 15 is 0 Å². The average molecular weight is 252 g/mol. The molecule has 1 nitrogen and oxygen atoms in total. The van der Waals surface area contributed by atoms with Crippen molar-refractivity contribution in [2.24, 2.45) is 0 Å². The van der Waals surface area contributed by atoms with Crippen LogP contribution in [-0.4, -0.2) is 12.7 Å². The molecule has 0 saturated carbocycles. The fourth-order valence-electron chi connectivity index (χ4n) is 2.25. The molecule has 1 aromatic rings. The van der Waals surface area contributed by atoms with Crippen LogP contribution in [0.1, 0.15) is 56.9 Å². The van der Waals surface area contributed by atoms with Crippen molar-refractivity contribution in [2.45, 2.75) is 63.9 Å². The summed E-state index contributed by atoms with van der Waals surface area (Å²) in [6, 6.07) is 2.25. The van der Waals surface area contributed by atoms with Gasteiger partial charge in [-0.1, -0.05) is 38.5 Å². The molecule has 96 valence electrons. The quantitative estimate of drug-likeness (QED) is 0.430. The van der Waals surface area contributed by atoms with E-state index in [2.05, 4.69) is 16.8 Å². The van der Waals surface area contributed by atoms with Gasteiger partial charge in [-0.2, -0.15) is 11.3 Å². The number of thiophene rings is 1. The van der Waals surface area contributed by atoms with Gasteiger partial charge in [0.1, 0.15) is 0 Å². The van der Waals surface area contributed by atoms with Gasteiger partial charge in [-0.05, 0) is 41.7 Å². The van der Waals surface area contributed by atoms with E-state index in [1.165, 1.54) is 63.4 Å². The average Bonchev–Trinajstić information content (AvgIpc) is 3.02. The maximum atomic E-state index is 5.20. The van der Waals surface area contributed by atoms with Crippen molar-refractivity contribution in [3.63, 3.8) is 0 Å². The number of ether oxygens (including phenoxy) is 1. The van der Waals surface area contributed by atoms with Gasteiger partial charge in [0.15, 0.2) is 0 Å². The third-order valence-electron chi connectivity index (χ3n) is 3.47. The van der Waals surface area contributed by atoms with E-state index in [9.17, 15) is 0 Å². The molecule has 0 amide bonds. The fraction of sp³-hybridized carbons (Fsp3) is 0.733. The van der Waals surface area contributed by atoms with Crippen LogP contribution >= 0.6 is 11.3 Å². The number of aryl methyl sites for hydroxylation is 1. The zero-order valence-electron chi connectivity index (χ0n) is 10.7. The highest BCUT2D eigenvalue weighted by atomic mass is 32.1. The SMILES string of the molecule is c1cc(CCCCCCCCCC2CO2)cs1. The maximum absolute atomic E-state index is 5.20. The van der Waals surface area contributed by atoms with E-state index < -0.39 is 0 Å². The van der Waals surface area contributed by atoms with Crippen molar-refractivity contribution in [2.75, 3.05) is 6.61 Å². The summed E-state index contributed by atoms with van der Waals surface area (Å²) >= 11 is 1.81. The zero-order valence-corrected chi connectivity index (χ0v) is 11.5. The second kappa shape index (κ2) is 7.88. The van der Waals surface area contributed by atoms with Crippen molar-refractivity contribution < 1.29 is 4.74 Å². The molecule has 1 aliphatic heterocycles. The molecule has 1 unspecified atom stereocenters. The Labute approximate surface area is 109 Å². The molecule has 0 N–H and O–H groups in total. The first-order chi connectivity index (χ1) is 8.45. The molecule has 1 fully saturated rings. The second-order valence-corrected chi connectivity index (χ2v) is 5.88. The van der Waals surface area contributed by atoms with Crippen LogP contribution in [-0.2, 0) is 11.2 Å². The molecule has 1 atom stereocenters. The highest BCUT2D eigenvalue weighted by molar-refractivity contribution is 7.07. The third kappa shape index (κ3) is 6.23. The Hall–Kier alpha value is -0.340. The highest BCUT2D eigenvalue weighted by Crippen LogP contribution is 2.18. The van der Waals surface area contributed by atoms with Gasteiger partial charge in [-0.3, -0.25) is 0 Å². The molecule has 0 radical (unpaired) electrons. The summed E-state index contributed by atoms with van der Waals surface area (Å²) < 4.78 is 5.20. The van der Waals surface area contributed by atoms with Gasteiger partial charge in [0.05, 0.1) is 12.7 Å². The maximum Gasteiger partial charge on any atom is 0.0810 e. The summed E-state index contributed by atoms with van der Waals surface area (Å²) in [4.78, 5) is 0. The van der Waals surface area contributed by atoms with Gasteiger partial charge in [0.2, 0.25) is 0 Å². The molecule has 0 bridgehead atoms. The van der Waals surface area contributed by atoms with Crippen molar-refractivity contribution in [1.29, 1.82) is 0 Å². The molecule has 0 aliphatic carbocycles. The second-order valence-electron chi connectivity index (χ2n) is 5.10. The zero-order chi connectivity index (χ0) is 11.8. The van der Waals surface area contributed by atoms with Crippen molar-refractivity contribution in [3.05, 3.63) is 22.4 Å². The summed E-state index contributed by atoms with van der Waals surface area (Å²) in [7, 11) is 0. The first-order valence-electron chi connectivity index (χ1n) is 7.08. The van der Waals surface area contributed by atoms with Crippen LogP contribution in [0, 0.1) is 0 Å². The number of hydrogen-bond acceptors (Lipinski definition) is 2. The van der Waals surface area contributed by atoms with Crippen LogP contribution in [0.15, 0.2) is 16.8 Å². The van der Waals surface area contributed by atoms with E-state index in [1.807, 2.05) is 11.3 Å². The van der Waals surface area contributed by atoms with Gasteiger partial charge in [-0.25, -0.2) is 0 Å². The Bertz CT molecular complexity index is 277. The molecule has 1 aliphatic rings. The summed E-state index contributed by atoms with van der Waals surface area (Å²) in [6.07, 6.45) is 13.0. The first-order valence-corrected chi connectivity index (χ1v) is 8.02. The van der Waals surface area contributed by atoms with Crippen LogP contribution in [0.4, 0.5) is 0 Å². The minimum atomic E-state index is 0.639. The number of rotatable bonds is 10. The lowest BCUT2D eigenvalue weighted by atomic mass is 10.1. The van der Waals surface area contributed by atoms with E-state index in [0.29, 0.717) is 6.10 Å². The minimum absolute atomic E-state index is 0.639. The van der Waals surface area contributed by atoms with Crippen LogP contribution in [0.5, 0.6) is 0 Å². The van der Waals surface area contributed by atoms with E-state index in [4.69, 9.17) is 4.74 Å². The lowest BCUT2D eigenvalue weighted by Gasteiger charge is -2.01. The molecule has 0 spiro atoms. The largest absolute Gasteiger partial charge is 0.373 e. The van der Waals surface area contributed by atoms with Gasteiger partial charge in [0, 0.05) is 0 Å². The van der Waals surface area contributed by atoms with Crippen LogP contribution in [0.25, 0.3) is 0 Å². The van der Waals surface area contributed by atoms with Crippen molar-refractivity contribution in [1.82, 2.24) is 0 Å². The number of epoxide rings is 1. The monoisotopic (exact) mass is 252 g/mol. The summed E-state index contributed by atoms with van der Waals surface area (Å²) in [6.45, 7) is 1.03. The highest BCUT2D eigenvalue weighted by Gasteiger charge is 2.20. The normalized spacial score (nSPS) is 18.5. The minimum Gasteiger partial charge on any atom is -0.373 e. The standard InChI is InChI=1S/C15H24OS/c1(3-5-7-9-15-12-16-15)2-4-6-8-14-10-11-17-13-14/h10-11,13,15H,1-9,12H2. The molecular formula is C15H24OS. The Kier molecular flexibility index (Phi) is 6.08. The lowest BCUT2D eigenvalue weighted by Crippen LogP contribution is -1.86. The smallest absolute Gasteiger partial charge is 0.0810 e. The lowest BCUT2D eigenvalue weighted by molar-refractivity contribution is 0.387. The Morgan fingerprint density at radius 3 is 2.41 bits per heavy atom. The van der Waals surface area contributed by atoms with E-state index in [1.54, 1.807) is 0 Å². The topological polar surface area (TPSA) is 12.5 Å². The summed E-state index contributed by atoms with van der Waals surface area (Å²) in [5.41, 5.74) is 1.53. The molecule has 0 aromatic carbocycles. The van der Waals surface area contributed by atoms with Crippen LogP contribution in [0.2, 0.25) is 0 Å². The van der Waals surface area contributed by atoms with Crippen molar-refractivity contribution >= 4 is 11.3 Å². The fourth-order valence-corrected chi connectivity index (χ4v) is 2.96. The van der Waals surface area contributed by atoms with Crippen LogP contribution < -0.4 is 0 Å². The van der Waals surface area contributed by atoms with Gasteiger partial charge in [0.25, 0.3) is 0 Å². The number of unbranched alkanes of at least 4 members (excludes halogenated alkanes) is 6. The predicted octanol–water partition coefficient (Wildman–Crippen LogP) is 4.81. The predicted molar refractivity (Wildman–Crippen MR) is 74.7 cm³/mol. The van der Waals surface area contributed by atoms with E-state index in [0.717, 1.165) is 6.61 Å². The first kappa shape index (κ1) is 13.1. The van der Waals surface area contributed by atoms with Crippen molar-refractivity contribution in [3.8, 4) is 0 Å². The third-order valence-corrected chi connectivity index (χ3v) is 4.21. The van der Waals surface area contributed by atoms with E-state index in [-0.39, 0.29) is 0 Å². The summed E-state index contributed by atoms with van der Waals surface area (Å²) in [5.74, 6) is 0. The molecular weight excluding hydrogens is 228 g/mol. The summed E-state index contributed by atoms with van der Waals surface area (Å²) in [5, 5.41) is 4.46. The van der Waals surface area contributed by atoms with Gasteiger partial charge >= 0.3 is 0 Å². The Morgan fingerprint density at radius 1 is 1.06 bits per heavy atom. The molecule has 17 heavy (non-hydrogen) atoms. The van der Waals surface area contributed by atoms with Crippen LogP contribution in [0.3, 0.4) is 0 Å². The van der Waals surface area contributed by atoms with Gasteiger partial charge < -0.3 is 4.74 Å².